The Balaban J connectivity index is 2.27. The van der Waals surface area contributed by atoms with E-state index in [9.17, 15) is 4.39 Å². The Labute approximate surface area is 88.1 Å². The SMILES string of the molecule is Cc1ccc(F)cc1C1NC(C)CS1. The largest absolute Gasteiger partial charge is 0.298 e. The maximum atomic E-state index is 13.1. The summed E-state index contributed by atoms with van der Waals surface area (Å²) in [7, 11) is 0. The second-order valence-corrected chi connectivity index (χ2v) is 4.92. The minimum atomic E-state index is -0.146. The van der Waals surface area contributed by atoms with Gasteiger partial charge in [0.1, 0.15) is 5.82 Å². The van der Waals surface area contributed by atoms with Crippen molar-refractivity contribution in [1.29, 1.82) is 0 Å². The summed E-state index contributed by atoms with van der Waals surface area (Å²) < 4.78 is 13.1. The number of thioether (sulfide) groups is 1. The number of halogens is 1. The lowest BCUT2D eigenvalue weighted by atomic mass is 10.1. The van der Waals surface area contributed by atoms with Gasteiger partial charge in [0.15, 0.2) is 0 Å². The van der Waals surface area contributed by atoms with E-state index < -0.39 is 0 Å². The van der Waals surface area contributed by atoms with E-state index >= 15 is 0 Å². The molecule has 1 N–H and O–H groups in total. The molecule has 1 aliphatic rings. The van der Waals surface area contributed by atoms with Gasteiger partial charge in [-0.3, -0.25) is 5.32 Å². The summed E-state index contributed by atoms with van der Waals surface area (Å²) in [4.78, 5) is 0. The molecule has 0 spiro atoms. The number of hydrogen-bond acceptors (Lipinski definition) is 2. The van der Waals surface area contributed by atoms with Gasteiger partial charge in [0.05, 0.1) is 5.37 Å². The van der Waals surface area contributed by atoms with Crippen LogP contribution >= 0.6 is 11.8 Å². The molecule has 14 heavy (non-hydrogen) atoms. The first-order chi connectivity index (χ1) is 6.66. The Morgan fingerprint density at radius 3 is 2.93 bits per heavy atom. The molecule has 1 aromatic carbocycles. The molecule has 2 atom stereocenters. The molecule has 1 saturated heterocycles. The maximum absolute atomic E-state index is 13.1. The van der Waals surface area contributed by atoms with Crippen molar-refractivity contribution in [2.24, 2.45) is 0 Å². The van der Waals surface area contributed by atoms with E-state index in [1.165, 1.54) is 6.07 Å². The summed E-state index contributed by atoms with van der Waals surface area (Å²) in [6.45, 7) is 4.18. The highest BCUT2D eigenvalue weighted by Gasteiger charge is 2.23. The van der Waals surface area contributed by atoms with Crippen LogP contribution in [0.3, 0.4) is 0 Å². The molecule has 0 aromatic heterocycles. The number of nitrogens with one attached hydrogen (secondary N) is 1. The van der Waals surface area contributed by atoms with E-state index in [0.29, 0.717) is 6.04 Å². The fraction of sp³-hybridized carbons (Fsp3) is 0.455. The monoisotopic (exact) mass is 211 g/mol. The molecule has 2 unspecified atom stereocenters. The van der Waals surface area contributed by atoms with Crippen LogP contribution in [0.1, 0.15) is 23.4 Å². The lowest BCUT2D eigenvalue weighted by Crippen LogP contribution is -2.22. The fourth-order valence-corrected chi connectivity index (χ4v) is 3.01. The average molecular weight is 211 g/mol. The molecule has 0 saturated carbocycles. The van der Waals surface area contributed by atoms with Crippen LogP contribution in [0.25, 0.3) is 0 Å². The molecule has 0 bridgehead atoms. The molecular formula is C11H14FNS. The van der Waals surface area contributed by atoms with Crippen molar-refractivity contribution in [3.05, 3.63) is 35.1 Å². The molecule has 1 fully saturated rings. The Morgan fingerprint density at radius 2 is 2.29 bits per heavy atom. The van der Waals surface area contributed by atoms with Crippen LogP contribution < -0.4 is 5.32 Å². The third-order valence-corrected chi connectivity index (χ3v) is 3.89. The van der Waals surface area contributed by atoms with Crippen molar-refractivity contribution >= 4 is 11.8 Å². The quantitative estimate of drug-likeness (QED) is 0.766. The zero-order chi connectivity index (χ0) is 10.1. The molecule has 0 radical (unpaired) electrons. The zero-order valence-electron chi connectivity index (χ0n) is 8.38. The van der Waals surface area contributed by atoms with Crippen molar-refractivity contribution in [2.45, 2.75) is 25.3 Å². The minimum Gasteiger partial charge on any atom is -0.298 e. The van der Waals surface area contributed by atoms with Crippen LogP contribution in [0, 0.1) is 12.7 Å². The van der Waals surface area contributed by atoms with Gasteiger partial charge < -0.3 is 0 Å². The van der Waals surface area contributed by atoms with E-state index in [1.807, 2.05) is 24.8 Å². The van der Waals surface area contributed by atoms with Gasteiger partial charge in [-0.25, -0.2) is 4.39 Å². The van der Waals surface area contributed by atoms with Crippen molar-refractivity contribution in [3.63, 3.8) is 0 Å². The molecular weight excluding hydrogens is 197 g/mol. The van der Waals surface area contributed by atoms with Crippen molar-refractivity contribution in [2.75, 3.05) is 5.75 Å². The molecule has 1 heterocycles. The zero-order valence-corrected chi connectivity index (χ0v) is 9.20. The minimum absolute atomic E-state index is 0.146. The normalized spacial score (nSPS) is 26.8. The highest BCUT2D eigenvalue weighted by Crippen LogP contribution is 2.34. The number of hydrogen-bond donors (Lipinski definition) is 1. The summed E-state index contributed by atoms with van der Waals surface area (Å²) in [6, 6.07) is 5.52. The highest BCUT2D eigenvalue weighted by atomic mass is 32.2. The second kappa shape index (κ2) is 3.91. The molecule has 1 nitrogen and oxygen atoms in total. The van der Waals surface area contributed by atoms with Gasteiger partial charge in [-0.05, 0) is 37.1 Å². The first-order valence-electron chi connectivity index (χ1n) is 4.80. The maximum Gasteiger partial charge on any atom is 0.123 e. The van der Waals surface area contributed by atoms with Crippen molar-refractivity contribution < 1.29 is 4.39 Å². The predicted molar refractivity (Wildman–Crippen MR) is 58.9 cm³/mol. The molecule has 1 aliphatic heterocycles. The molecule has 2 rings (SSSR count). The Hall–Kier alpha value is -0.540. The Morgan fingerprint density at radius 1 is 1.50 bits per heavy atom. The van der Waals surface area contributed by atoms with E-state index in [1.54, 1.807) is 6.07 Å². The standard InChI is InChI=1S/C11H14FNS/c1-7-3-4-9(12)5-10(7)11-13-8(2)6-14-11/h3-5,8,11,13H,6H2,1-2H3. The van der Waals surface area contributed by atoms with Gasteiger partial charge in [-0.15, -0.1) is 11.8 Å². The Kier molecular flexibility index (Phi) is 2.79. The first kappa shape index (κ1) is 9.99. The van der Waals surface area contributed by atoms with E-state index in [4.69, 9.17) is 0 Å². The van der Waals surface area contributed by atoms with Gasteiger partial charge in [0.2, 0.25) is 0 Å². The molecule has 3 heteroatoms. The second-order valence-electron chi connectivity index (χ2n) is 3.78. The van der Waals surface area contributed by atoms with Crippen molar-refractivity contribution in [1.82, 2.24) is 5.32 Å². The molecule has 0 aliphatic carbocycles. The number of rotatable bonds is 1. The topological polar surface area (TPSA) is 12.0 Å². The lowest BCUT2D eigenvalue weighted by Gasteiger charge is -2.13. The summed E-state index contributed by atoms with van der Waals surface area (Å²) in [5.41, 5.74) is 2.24. The lowest BCUT2D eigenvalue weighted by molar-refractivity contribution is 0.601. The van der Waals surface area contributed by atoms with Crippen LogP contribution in [0.5, 0.6) is 0 Å². The predicted octanol–water partition coefficient (Wildman–Crippen LogP) is 2.86. The molecule has 76 valence electrons. The molecule has 0 amide bonds. The van der Waals surface area contributed by atoms with E-state index in [0.717, 1.165) is 16.9 Å². The van der Waals surface area contributed by atoms with Gasteiger partial charge >= 0.3 is 0 Å². The van der Waals surface area contributed by atoms with E-state index in [2.05, 4.69) is 12.2 Å². The van der Waals surface area contributed by atoms with Gasteiger partial charge in [-0.1, -0.05) is 6.07 Å². The van der Waals surface area contributed by atoms with Gasteiger partial charge in [-0.2, -0.15) is 0 Å². The van der Waals surface area contributed by atoms with E-state index in [-0.39, 0.29) is 11.2 Å². The fourth-order valence-electron chi connectivity index (χ4n) is 1.67. The highest BCUT2D eigenvalue weighted by molar-refractivity contribution is 7.99. The number of aryl methyl sites for hydroxylation is 1. The third-order valence-electron chi connectivity index (χ3n) is 2.47. The smallest absolute Gasteiger partial charge is 0.123 e. The van der Waals surface area contributed by atoms with Crippen LogP contribution in [-0.2, 0) is 0 Å². The van der Waals surface area contributed by atoms with Crippen LogP contribution in [0.2, 0.25) is 0 Å². The summed E-state index contributed by atoms with van der Waals surface area (Å²) >= 11 is 1.85. The van der Waals surface area contributed by atoms with Crippen molar-refractivity contribution in [3.8, 4) is 0 Å². The van der Waals surface area contributed by atoms with Crippen LogP contribution in [0.15, 0.2) is 18.2 Å². The van der Waals surface area contributed by atoms with Gasteiger partial charge in [0, 0.05) is 11.8 Å². The summed E-state index contributed by atoms with van der Waals surface area (Å²) in [5, 5.41) is 3.70. The number of benzene rings is 1. The average Bonchev–Trinajstić information content (AvgIpc) is 2.56. The van der Waals surface area contributed by atoms with Crippen LogP contribution in [-0.4, -0.2) is 11.8 Å². The Bertz CT molecular complexity index is 340. The van der Waals surface area contributed by atoms with Gasteiger partial charge in [0.25, 0.3) is 0 Å². The molecule has 1 aromatic rings. The third kappa shape index (κ3) is 1.93. The van der Waals surface area contributed by atoms with Crippen LogP contribution in [0.4, 0.5) is 4.39 Å². The summed E-state index contributed by atoms with van der Waals surface area (Å²) in [5.74, 6) is 0.952. The first-order valence-corrected chi connectivity index (χ1v) is 5.85. The summed E-state index contributed by atoms with van der Waals surface area (Å²) in [6.07, 6.45) is 0.